The van der Waals surface area contributed by atoms with Crippen molar-refractivity contribution < 1.29 is 13.9 Å². The van der Waals surface area contributed by atoms with E-state index in [0.29, 0.717) is 10.0 Å². The summed E-state index contributed by atoms with van der Waals surface area (Å²) in [4.78, 5) is 12.2. The molecule has 21 heavy (non-hydrogen) atoms. The van der Waals surface area contributed by atoms with Crippen molar-refractivity contribution in [2.24, 2.45) is 0 Å². The Morgan fingerprint density at radius 2 is 2.00 bits per heavy atom. The summed E-state index contributed by atoms with van der Waals surface area (Å²) in [6.45, 7) is 3.67. The maximum absolute atomic E-state index is 13.4. The number of rotatable bonds is 4. The zero-order valence-corrected chi connectivity index (χ0v) is 13.9. The molecular weight excluding hydrogens is 359 g/mol. The molecule has 0 heterocycles. The molecule has 5 heteroatoms. The van der Waals surface area contributed by atoms with E-state index in [0.717, 1.165) is 17.2 Å². The summed E-state index contributed by atoms with van der Waals surface area (Å²) >= 11 is 8.88. The van der Waals surface area contributed by atoms with Crippen molar-refractivity contribution >= 4 is 33.3 Å². The molecule has 0 bridgehead atoms. The summed E-state index contributed by atoms with van der Waals surface area (Å²) in [5.41, 5.74) is 2.59. The minimum absolute atomic E-state index is 0.00469. The fourth-order valence-electron chi connectivity index (χ4n) is 1.96. The van der Waals surface area contributed by atoms with Crippen LogP contribution in [0.2, 0.25) is 5.02 Å². The maximum atomic E-state index is 13.4. The van der Waals surface area contributed by atoms with Gasteiger partial charge in [0.05, 0.1) is 9.50 Å². The molecule has 0 aliphatic heterocycles. The summed E-state index contributed by atoms with van der Waals surface area (Å²) in [5.74, 6) is -0.501. The quantitative estimate of drug-likeness (QED) is 0.551. The average molecular weight is 372 g/mol. The largest absolute Gasteiger partial charge is 0.484 e. The molecule has 2 nitrogen and oxygen atoms in total. The number of hydrogen-bond acceptors (Lipinski definition) is 2. The van der Waals surface area contributed by atoms with Crippen molar-refractivity contribution in [3.8, 4) is 5.75 Å². The molecule has 0 spiro atoms. The Bertz CT molecular complexity index is 701. The molecule has 0 atom stereocenters. The van der Waals surface area contributed by atoms with E-state index in [1.165, 1.54) is 6.07 Å². The highest BCUT2D eigenvalue weighted by Gasteiger charge is 2.13. The van der Waals surface area contributed by atoms with Crippen molar-refractivity contribution in [3.63, 3.8) is 0 Å². The maximum Gasteiger partial charge on any atom is 0.200 e. The molecule has 0 unspecified atom stereocenters. The summed E-state index contributed by atoms with van der Waals surface area (Å²) in [6.07, 6.45) is 0. The smallest absolute Gasteiger partial charge is 0.200 e. The Kier molecular flexibility index (Phi) is 5.01. The van der Waals surface area contributed by atoms with Crippen LogP contribution in [0.1, 0.15) is 21.5 Å². The first-order valence-electron chi connectivity index (χ1n) is 6.26. The molecule has 2 rings (SSSR count). The Balaban J connectivity index is 2.13. The van der Waals surface area contributed by atoms with E-state index in [-0.39, 0.29) is 23.2 Å². The van der Waals surface area contributed by atoms with E-state index < -0.39 is 5.82 Å². The van der Waals surface area contributed by atoms with Gasteiger partial charge >= 0.3 is 0 Å². The van der Waals surface area contributed by atoms with Gasteiger partial charge in [0.1, 0.15) is 11.6 Å². The van der Waals surface area contributed by atoms with Crippen molar-refractivity contribution in [1.82, 2.24) is 0 Å². The Morgan fingerprint density at radius 3 is 2.67 bits per heavy atom. The highest BCUT2D eigenvalue weighted by Crippen LogP contribution is 2.30. The standard InChI is InChI=1S/C16H13BrClFO2/c1-9-3-4-11(10(2)5-9)15(20)8-21-16-7-14(19)13(18)6-12(16)17/h3-7H,8H2,1-2H3. The lowest BCUT2D eigenvalue weighted by Crippen LogP contribution is -2.13. The topological polar surface area (TPSA) is 26.3 Å². The van der Waals surface area contributed by atoms with Gasteiger partial charge in [-0.25, -0.2) is 4.39 Å². The van der Waals surface area contributed by atoms with Crippen molar-refractivity contribution in [2.45, 2.75) is 13.8 Å². The second-order valence-corrected chi connectivity index (χ2v) is 5.99. The van der Waals surface area contributed by atoms with Crippen LogP contribution in [0, 0.1) is 19.7 Å². The number of Topliss-reactive ketones (excluding diaryl/α,β-unsaturated/α-hetero) is 1. The number of aryl methyl sites for hydroxylation is 2. The number of carbonyl (C=O) groups is 1. The number of ketones is 1. The van der Waals surface area contributed by atoms with Gasteiger partial charge in [-0.1, -0.05) is 35.4 Å². The molecule has 0 radical (unpaired) electrons. The van der Waals surface area contributed by atoms with Gasteiger partial charge in [-0.15, -0.1) is 0 Å². The summed E-state index contributed by atoms with van der Waals surface area (Å²) in [5, 5.41) is -0.00469. The third kappa shape index (κ3) is 3.83. The van der Waals surface area contributed by atoms with Crippen molar-refractivity contribution in [3.05, 3.63) is 62.3 Å². The lowest BCUT2D eigenvalue weighted by atomic mass is 10.0. The number of hydrogen-bond donors (Lipinski definition) is 0. The van der Waals surface area contributed by atoms with Gasteiger partial charge in [-0.2, -0.15) is 0 Å². The number of benzene rings is 2. The monoisotopic (exact) mass is 370 g/mol. The van der Waals surface area contributed by atoms with Crippen LogP contribution in [-0.2, 0) is 0 Å². The first-order chi connectivity index (χ1) is 9.88. The van der Waals surface area contributed by atoms with Crippen LogP contribution in [0.25, 0.3) is 0 Å². The predicted octanol–water partition coefficient (Wildman–Crippen LogP) is 5.12. The molecule has 0 saturated carbocycles. The highest BCUT2D eigenvalue weighted by atomic mass is 79.9. The van der Waals surface area contributed by atoms with Crippen LogP contribution in [0.4, 0.5) is 4.39 Å². The van der Waals surface area contributed by atoms with E-state index >= 15 is 0 Å². The van der Waals surface area contributed by atoms with Gasteiger partial charge < -0.3 is 4.74 Å². The molecule has 0 fully saturated rings. The van der Waals surface area contributed by atoms with Crippen LogP contribution in [0.5, 0.6) is 5.75 Å². The van der Waals surface area contributed by atoms with Crippen LogP contribution >= 0.6 is 27.5 Å². The van der Waals surface area contributed by atoms with E-state index in [1.807, 2.05) is 26.0 Å². The van der Waals surface area contributed by atoms with Crippen LogP contribution in [0.3, 0.4) is 0 Å². The van der Waals surface area contributed by atoms with Gasteiger partial charge in [-0.05, 0) is 41.4 Å². The lowest BCUT2D eigenvalue weighted by Gasteiger charge is -2.10. The normalized spacial score (nSPS) is 10.5. The fourth-order valence-corrected chi connectivity index (χ4v) is 2.72. The average Bonchev–Trinajstić information content (AvgIpc) is 2.41. The first-order valence-corrected chi connectivity index (χ1v) is 7.43. The number of carbonyl (C=O) groups excluding carboxylic acids is 1. The van der Waals surface area contributed by atoms with Gasteiger partial charge in [0.15, 0.2) is 12.4 Å². The van der Waals surface area contributed by atoms with Crippen LogP contribution in [-0.4, -0.2) is 12.4 Å². The molecular formula is C16H13BrClFO2. The zero-order chi connectivity index (χ0) is 15.6. The van der Waals surface area contributed by atoms with E-state index in [9.17, 15) is 9.18 Å². The molecule has 110 valence electrons. The van der Waals surface area contributed by atoms with E-state index in [4.69, 9.17) is 16.3 Å². The Hall–Kier alpha value is -1.39. The molecule has 0 amide bonds. The third-order valence-electron chi connectivity index (χ3n) is 3.02. The Labute approximate surface area is 136 Å². The summed E-state index contributed by atoms with van der Waals surface area (Å²) in [6, 6.07) is 8.13. The minimum atomic E-state index is -0.589. The predicted molar refractivity (Wildman–Crippen MR) is 84.9 cm³/mol. The fraction of sp³-hybridized carbons (Fsp3) is 0.188. The Morgan fingerprint density at radius 1 is 1.29 bits per heavy atom. The molecule has 0 N–H and O–H groups in total. The highest BCUT2D eigenvalue weighted by molar-refractivity contribution is 9.10. The molecule has 2 aromatic carbocycles. The zero-order valence-electron chi connectivity index (χ0n) is 11.5. The minimum Gasteiger partial charge on any atom is -0.484 e. The van der Waals surface area contributed by atoms with Gasteiger partial charge in [0.2, 0.25) is 0 Å². The van der Waals surface area contributed by atoms with Gasteiger partial charge in [-0.3, -0.25) is 4.79 Å². The van der Waals surface area contributed by atoms with E-state index in [1.54, 1.807) is 6.07 Å². The second kappa shape index (κ2) is 6.58. The van der Waals surface area contributed by atoms with Crippen LogP contribution in [0.15, 0.2) is 34.8 Å². The molecule has 0 aromatic heterocycles. The van der Waals surface area contributed by atoms with Crippen molar-refractivity contribution in [1.29, 1.82) is 0 Å². The number of halogens is 3. The SMILES string of the molecule is Cc1ccc(C(=O)COc2cc(F)c(Cl)cc2Br)c(C)c1. The second-order valence-electron chi connectivity index (χ2n) is 4.73. The number of ether oxygens (including phenoxy) is 1. The summed E-state index contributed by atoms with van der Waals surface area (Å²) in [7, 11) is 0. The molecule has 0 aliphatic carbocycles. The molecule has 0 saturated heterocycles. The van der Waals surface area contributed by atoms with Crippen LogP contribution < -0.4 is 4.74 Å². The van der Waals surface area contributed by atoms with Gasteiger partial charge in [0, 0.05) is 11.6 Å². The van der Waals surface area contributed by atoms with Crippen molar-refractivity contribution in [2.75, 3.05) is 6.61 Å². The third-order valence-corrected chi connectivity index (χ3v) is 3.93. The lowest BCUT2D eigenvalue weighted by molar-refractivity contribution is 0.0920. The summed E-state index contributed by atoms with van der Waals surface area (Å²) < 4.78 is 19.3. The van der Waals surface area contributed by atoms with Gasteiger partial charge in [0.25, 0.3) is 0 Å². The first kappa shape index (κ1) is 16.0. The van der Waals surface area contributed by atoms with E-state index in [2.05, 4.69) is 15.9 Å². The molecule has 2 aromatic rings. The molecule has 0 aliphatic rings.